The SMILES string of the molecule is CC/C=C\C/C=C\C/C=C\C/C=C\C/C=C\C/C=C\CCCCCCCCCCC(=O)OCC(COC(=O)CCCCCCC/C=C\CCC)OC(=O)CCCCCCCCCCCCCCCCCCCCCCCCCCC. The Labute approximate surface area is 496 Å². The minimum atomic E-state index is -0.783. The summed E-state index contributed by atoms with van der Waals surface area (Å²) in [5.41, 5.74) is 0. The number of carbonyl (C=O) groups is 3. The van der Waals surface area contributed by atoms with E-state index in [0.717, 1.165) is 116 Å². The maximum absolute atomic E-state index is 12.9. The van der Waals surface area contributed by atoms with Crippen LogP contribution in [-0.2, 0) is 28.6 Å². The average molecular weight is 1120 g/mol. The molecule has 1 atom stereocenters. The fourth-order valence-electron chi connectivity index (χ4n) is 9.98. The number of hydrogen-bond acceptors (Lipinski definition) is 6. The summed E-state index contributed by atoms with van der Waals surface area (Å²) in [5.74, 6) is -0.882. The summed E-state index contributed by atoms with van der Waals surface area (Å²) in [5, 5.41) is 0. The molecule has 0 aliphatic rings. The molecule has 0 fully saturated rings. The number of unbranched alkanes of at least 4 members (excludes halogenated alkanes) is 38. The van der Waals surface area contributed by atoms with Gasteiger partial charge in [0.25, 0.3) is 0 Å². The van der Waals surface area contributed by atoms with Gasteiger partial charge in [-0.15, -0.1) is 0 Å². The van der Waals surface area contributed by atoms with Crippen molar-refractivity contribution in [3.8, 4) is 0 Å². The molecule has 0 saturated carbocycles. The maximum atomic E-state index is 12.9. The zero-order chi connectivity index (χ0) is 57.8. The molecule has 462 valence electrons. The van der Waals surface area contributed by atoms with Crippen molar-refractivity contribution in [2.45, 2.75) is 354 Å². The molecule has 6 heteroatoms. The van der Waals surface area contributed by atoms with Gasteiger partial charge < -0.3 is 14.2 Å². The Balaban J connectivity index is 4.21. The van der Waals surface area contributed by atoms with E-state index in [4.69, 9.17) is 14.2 Å². The molecule has 0 N–H and O–H groups in total. The second kappa shape index (κ2) is 68.1. The molecule has 80 heavy (non-hydrogen) atoms. The van der Waals surface area contributed by atoms with Crippen LogP contribution in [0.3, 0.4) is 0 Å². The lowest BCUT2D eigenvalue weighted by molar-refractivity contribution is -0.167. The van der Waals surface area contributed by atoms with Crippen molar-refractivity contribution in [2.24, 2.45) is 0 Å². The van der Waals surface area contributed by atoms with E-state index in [1.165, 1.54) is 193 Å². The first-order valence-electron chi connectivity index (χ1n) is 34.6. The van der Waals surface area contributed by atoms with E-state index in [1.54, 1.807) is 0 Å². The number of carbonyl (C=O) groups excluding carboxylic acids is 3. The van der Waals surface area contributed by atoms with Gasteiger partial charge in [-0.1, -0.05) is 324 Å². The van der Waals surface area contributed by atoms with Gasteiger partial charge in [-0.25, -0.2) is 0 Å². The summed E-state index contributed by atoms with van der Waals surface area (Å²) < 4.78 is 16.9. The third-order valence-corrected chi connectivity index (χ3v) is 15.1. The Kier molecular flexibility index (Phi) is 65.2. The van der Waals surface area contributed by atoms with E-state index < -0.39 is 6.10 Å². The molecular formula is C74H130O6. The lowest BCUT2D eigenvalue weighted by Gasteiger charge is -2.18. The number of esters is 3. The second-order valence-corrected chi connectivity index (χ2v) is 23.1. The van der Waals surface area contributed by atoms with Gasteiger partial charge >= 0.3 is 17.9 Å². The first-order chi connectivity index (χ1) is 39.5. The second-order valence-electron chi connectivity index (χ2n) is 23.1. The van der Waals surface area contributed by atoms with E-state index in [2.05, 4.69) is 106 Å². The highest BCUT2D eigenvalue weighted by molar-refractivity contribution is 5.71. The molecular weight excluding hydrogens is 985 g/mol. The summed E-state index contributed by atoms with van der Waals surface area (Å²) in [6, 6.07) is 0. The topological polar surface area (TPSA) is 78.9 Å². The highest BCUT2D eigenvalue weighted by Crippen LogP contribution is 2.18. The minimum absolute atomic E-state index is 0.0805. The predicted molar refractivity (Wildman–Crippen MR) is 348 cm³/mol. The van der Waals surface area contributed by atoms with E-state index >= 15 is 0 Å². The fourth-order valence-corrected chi connectivity index (χ4v) is 9.98. The molecule has 0 bridgehead atoms. The van der Waals surface area contributed by atoms with Crippen LogP contribution >= 0.6 is 0 Å². The minimum Gasteiger partial charge on any atom is -0.462 e. The van der Waals surface area contributed by atoms with Crippen LogP contribution in [0.2, 0.25) is 0 Å². The van der Waals surface area contributed by atoms with Crippen molar-refractivity contribution in [2.75, 3.05) is 13.2 Å². The van der Waals surface area contributed by atoms with Crippen LogP contribution in [0.25, 0.3) is 0 Å². The molecule has 1 unspecified atom stereocenters. The summed E-state index contributed by atoms with van der Waals surface area (Å²) in [4.78, 5) is 38.3. The fraction of sp³-hybridized carbons (Fsp3) is 0.770. The average Bonchev–Trinajstić information content (AvgIpc) is 3.46. The molecule has 0 radical (unpaired) electrons. The quantitative estimate of drug-likeness (QED) is 0.0261. The van der Waals surface area contributed by atoms with Crippen LogP contribution in [-0.4, -0.2) is 37.2 Å². The lowest BCUT2D eigenvalue weighted by atomic mass is 10.0. The van der Waals surface area contributed by atoms with E-state index in [9.17, 15) is 14.4 Å². The highest BCUT2D eigenvalue weighted by Gasteiger charge is 2.19. The Morgan fingerprint density at radius 3 is 0.825 bits per heavy atom. The zero-order valence-electron chi connectivity index (χ0n) is 53.1. The third-order valence-electron chi connectivity index (χ3n) is 15.1. The smallest absolute Gasteiger partial charge is 0.306 e. The first-order valence-corrected chi connectivity index (χ1v) is 34.6. The number of rotatable bonds is 63. The molecule has 0 spiro atoms. The molecule has 0 aliphatic heterocycles. The van der Waals surface area contributed by atoms with Crippen LogP contribution in [0.5, 0.6) is 0 Å². The summed E-state index contributed by atoms with van der Waals surface area (Å²) >= 11 is 0. The molecule has 0 aromatic rings. The molecule has 0 aromatic heterocycles. The summed E-state index contributed by atoms with van der Waals surface area (Å²) in [6.45, 7) is 6.50. The van der Waals surface area contributed by atoms with Crippen molar-refractivity contribution in [1.82, 2.24) is 0 Å². The van der Waals surface area contributed by atoms with Gasteiger partial charge in [0.15, 0.2) is 6.10 Å². The number of hydrogen-bond donors (Lipinski definition) is 0. The molecule has 0 aromatic carbocycles. The largest absolute Gasteiger partial charge is 0.462 e. The van der Waals surface area contributed by atoms with E-state index in [0.29, 0.717) is 19.3 Å². The zero-order valence-corrected chi connectivity index (χ0v) is 53.1. The standard InChI is InChI=1S/C74H130O6/c1-4-7-10-13-16-19-22-24-26-28-30-32-34-36-37-39-40-42-44-46-48-50-52-55-58-61-64-67-73(76)79-70-71(69-78-72(75)66-63-60-57-54-21-18-15-12-9-6-3)80-74(77)68-65-62-59-56-53-51-49-47-45-43-41-38-35-33-31-29-27-25-23-20-17-14-11-8-5-2/h7,10,12,15-16,19,24,26,30,32,36-37,40,42,71H,4-6,8-9,11,13-14,17-18,20-23,25,27-29,31,33-35,38-39,41,43-70H2,1-3H3/b10-7-,15-12-,19-16-,26-24-,32-30-,37-36-,42-40-. The molecule has 0 heterocycles. The van der Waals surface area contributed by atoms with Gasteiger partial charge in [-0.05, 0) is 89.9 Å². The Morgan fingerprint density at radius 2 is 0.512 bits per heavy atom. The molecule has 0 rings (SSSR count). The van der Waals surface area contributed by atoms with Crippen LogP contribution in [0, 0.1) is 0 Å². The van der Waals surface area contributed by atoms with Crippen molar-refractivity contribution in [3.63, 3.8) is 0 Å². The van der Waals surface area contributed by atoms with Gasteiger partial charge in [0.2, 0.25) is 0 Å². The molecule has 6 nitrogen and oxygen atoms in total. The van der Waals surface area contributed by atoms with Gasteiger partial charge in [-0.2, -0.15) is 0 Å². The van der Waals surface area contributed by atoms with Gasteiger partial charge in [0, 0.05) is 19.3 Å². The highest BCUT2D eigenvalue weighted by atomic mass is 16.6. The molecule has 0 amide bonds. The van der Waals surface area contributed by atoms with Crippen LogP contribution in [0.4, 0.5) is 0 Å². The summed E-state index contributed by atoms with van der Waals surface area (Å²) in [7, 11) is 0. The normalized spacial score (nSPS) is 12.6. The first kappa shape index (κ1) is 76.6. The van der Waals surface area contributed by atoms with Crippen molar-refractivity contribution < 1.29 is 28.6 Å². The molecule has 0 aliphatic carbocycles. The van der Waals surface area contributed by atoms with Crippen molar-refractivity contribution in [1.29, 1.82) is 0 Å². The number of allylic oxidation sites excluding steroid dienone is 14. The van der Waals surface area contributed by atoms with Crippen LogP contribution in [0.1, 0.15) is 348 Å². The van der Waals surface area contributed by atoms with Crippen molar-refractivity contribution in [3.05, 3.63) is 85.1 Å². The maximum Gasteiger partial charge on any atom is 0.306 e. The Bertz CT molecular complexity index is 1520. The van der Waals surface area contributed by atoms with Crippen LogP contribution < -0.4 is 0 Å². The Hall–Kier alpha value is -3.41. The lowest BCUT2D eigenvalue weighted by Crippen LogP contribution is -2.30. The van der Waals surface area contributed by atoms with Crippen molar-refractivity contribution >= 4 is 17.9 Å². The molecule has 0 saturated heterocycles. The third kappa shape index (κ3) is 65.4. The van der Waals surface area contributed by atoms with Crippen LogP contribution in [0.15, 0.2) is 85.1 Å². The monoisotopic (exact) mass is 1110 g/mol. The van der Waals surface area contributed by atoms with Gasteiger partial charge in [0.05, 0.1) is 0 Å². The van der Waals surface area contributed by atoms with Gasteiger partial charge in [-0.3, -0.25) is 14.4 Å². The predicted octanol–water partition coefficient (Wildman–Crippen LogP) is 23.8. The van der Waals surface area contributed by atoms with Gasteiger partial charge in [0.1, 0.15) is 13.2 Å². The van der Waals surface area contributed by atoms with E-state index in [-0.39, 0.29) is 31.1 Å². The Morgan fingerprint density at radius 1 is 0.263 bits per heavy atom. The van der Waals surface area contributed by atoms with E-state index in [1.807, 2.05) is 0 Å². The summed E-state index contributed by atoms with van der Waals surface area (Å²) in [6.07, 6.45) is 90.5. The number of ether oxygens (including phenoxy) is 3.